The highest BCUT2D eigenvalue weighted by Crippen LogP contribution is 2.21. The van der Waals surface area contributed by atoms with Crippen LogP contribution in [0.5, 0.6) is 0 Å². The SMILES string of the molecule is Cc1cccc(NC(=O)[C@@H](C)OC(=O)c2cn(C)c3ccccc23)c1. The van der Waals surface area contributed by atoms with Crippen LogP contribution in [0.15, 0.2) is 54.7 Å². The molecule has 1 N–H and O–H groups in total. The van der Waals surface area contributed by atoms with E-state index in [0.29, 0.717) is 11.3 Å². The molecule has 0 saturated heterocycles. The van der Waals surface area contributed by atoms with Crippen molar-refractivity contribution < 1.29 is 14.3 Å². The summed E-state index contributed by atoms with van der Waals surface area (Å²) in [4.78, 5) is 24.7. The van der Waals surface area contributed by atoms with Gasteiger partial charge in [0.1, 0.15) is 0 Å². The highest BCUT2D eigenvalue weighted by atomic mass is 16.5. The van der Waals surface area contributed by atoms with E-state index in [1.807, 2.05) is 61.0 Å². The summed E-state index contributed by atoms with van der Waals surface area (Å²) in [5.74, 6) is -0.872. The van der Waals surface area contributed by atoms with Gasteiger partial charge in [0.05, 0.1) is 5.56 Å². The quantitative estimate of drug-likeness (QED) is 0.740. The smallest absolute Gasteiger partial charge is 0.341 e. The van der Waals surface area contributed by atoms with Gasteiger partial charge >= 0.3 is 5.97 Å². The summed E-state index contributed by atoms with van der Waals surface area (Å²) in [7, 11) is 1.87. The highest BCUT2D eigenvalue weighted by molar-refractivity contribution is 6.05. The third-order valence-electron chi connectivity index (χ3n) is 4.06. The lowest BCUT2D eigenvalue weighted by Gasteiger charge is -2.13. The first-order chi connectivity index (χ1) is 12.0. The largest absolute Gasteiger partial charge is 0.449 e. The molecule has 0 aliphatic heterocycles. The number of ether oxygens (including phenoxy) is 1. The van der Waals surface area contributed by atoms with E-state index in [4.69, 9.17) is 4.74 Å². The maximum atomic E-state index is 12.5. The molecule has 0 bridgehead atoms. The Bertz CT molecular complexity index is 943. The third-order valence-corrected chi connectivity index (χ3v) is 4.06. The molecule has 0 spiro atoms. The number of para-hydroxylation sites is 1. The van der Waals surface area contributed by atoms with Crippen LogP contribution in [0.25, 0.3) is 10.9 Å². The van der Waals surface area contributed by atoms with E-state index >= 15 is 0 Å². The van der Waals surface area contributed by atoms with Crippen molar-refractivity contribution >= 4 is 28.5 Å². The van der Waals surface area contributed by atoms with Gasteiger partial charge in [-0.15, -0.1) is 0 Å². The Morgan fingerprint density at radius 2 is 1.88 bits per heavy atom. The van der Waals surface area contributed by atoms with Crippen LogP contribution in [0.2, 0.25) is 0 Å². The minimum atomic E-state index is -0.896. The van der Waals surface area contributed by atoms with Gasteiger partial charge in [0, 0.05) is 29.8 Å². The van der Waals surface area contributed by atoms with Crippen molar-refractivity contribution in [2.45, 2.75) is 20.0 Å². The van der Waals surface area contributed by atoms with Crippen LogP contribution < -0.4 is 5.32 Å². The molecule has 1 aromatic heterocycles. The molecule has 3 aromatic rings. The Hall–Kier alpha value is -3.08. The molecule has 0 unspecified atom stereocenters. The summed E-state index contributed by atoms with van der Waals surface area (Å²) in [6.45, 7) is 3.51. The van der Waals surface area contributed by atoms with Crippen molar-refractivity contribution in [2.75, 3.05) is 5.32 Å². The van der Waals surface area contributed by atoms with Crippen LogP contribution in [0.1, 0.15) is 22.8 Å². The topological polar surface area (TPSA) is 60.3 Å². The van der Waals surface area contributed by atoms with Crippen molar-refractivity contribution in [1.82, 2.24) is 4.57 Å². The van der Waals surface area contributed by atoms with Crippen molar-refractivity contribution in [2.24, 2.45) is 7.05 Å². The van der Waals surface area contributed by atoms with Gasteiger partial charge < -0.3 is 14.6 Å². The third kappa shape index (κ3) is 3.55. The molecule has 128 valence electrons. The van der Waals surface area contributed by atoms with Crippen LogP contribution in [0.3, 0.4) is 0 Å². The minimum absolute atomic E-state index is 0.362. The predicted molar refractivity (Wildman–Crippen MR) is 97.6 cm³/mol. The number of anilines is 1. The van der Waals surface area contributed by atoms with Gasteiger partial charge in [-0.2, -0.15) is 0 Å². The fraction of sp³-hybridized carbons (Fsp3) is 0.200. The van der Waals surface area contributed by atoms with Crippen molar-refractivity contribution in [3.8, 4) is 0 Å². The van der Waals surface area contributed by atoms with Crippen LogP contribution in [0, 0.1) is 6.92 Å². The molecule has 1 amide bonds. The molecule has 5 heteroatoms. The Kier molecular flexibility index (Phi) is 4.57. The second-order valence-corrected chi connectivity index (χ2v) is 6.08. The first-order valence-corrected chi connectivity index (χ1v) is 8.08. The van der Waals surface area contributed by atoms with Crippen molar-refractivity contribution in [1.29, 1.82) is 0 Å². The molecule has 2 aromatic carbocycles. The fourth-order valence-electron chi connectivity index (χ4n) is 2.75. The van der Waals surface area contributed by atoms with Gasteiger partial charge in [-0.25, -0.2) is 4.79 Å². The van der Waals surface area contributed by atoms with Crippen molar-refractivity contribution in [3.05, 3.63) is 65.9 Å². The Labute approximate surface area is 146 Å². The zero-order valence-corrected chi connectivity index (χ0v) is 14.4. The lowest BCUT2D eigenvalue weighted by molar-refractivity contribution is -0.123. The molecule has 1 heterocycles. The van der Waals surface area contributed by atoms with Gasteiger partial charge in [-0.1, -0.05) is 30.3 Å². The Morgan fingerprint density at radius 1 is 1.12 bits per heavy atom. The number of amides is 1. The van der Waals surface area contributed by atoms with Crippen LogP contribution in [-0.4, -0.2) is 22.5 Å². The molecule has 5 nitrogen and oxygen atoms in total. The molecule has 25 heavy (non-hydrogen) atoms. The van der Waals surface area contributed by atoms with E-state index in [-0.39, 0.29) is 5.91 Å². The average Bonchev–Trinajstić information content (AvgIpc) is 2.92. The van der Waals surface area contributed by atoms with Crippen LogP contribution in [0.4, 0.5) is 5.69 Å². The molecule has 1 atom stereocenters. The van der Waals surface area contributed by atoms with Gasteiger partial charge in [0.2, 0.25) is 0 Å². The molecular formula is C20H20N2O3. The highest BCUT2D eigenvalue weighted by Gasteiger charge is 2.21. The van der Waals surface area contributed by atoms with Gasteiger partial charge in [-0.05, 0) is 37.6 Å². The van der Waals surface area contributed by atoms with E-state index in [1.54, 1.807) is 19.2 Å². The molecule has 0 fully saturated rings. The Balaban J connectivity index is 1.72. The number of nitrogens with zero attached hydrogens (tertiary/aromatic N) is 1. The van der Waals surface area contributed by atoms with Gasteiger partial charge in [0.15, 0.2) is 6.10 Å². The monoisotopic (exact) mass is 336 g/mol. The molecular weight excluding hydrogens is 316 g/mol. The first kappa shape index (κ1) is 16.8. The Morgan fingerprint density at radius 3 is 2.64 bits per heavy atom. The number of fused-ring (bicyclic) bond motifs is 1. The molecule has 3 rings (SSSR count). The second kappa shape index (κ2) is 6.81. The van der Waals surface area contributed by atoms with Crippen LogP contribution in [-0.2, 0) is 16.6 Å². The minimum Gasteiger partial charge on any atom is -0.449 e. The number of esters is 1. The fourth-order valence-corrected chi connectivity index (χ4v) is 2.75. The number of carbonyl (C=O) groups excluding carboxylic acids is 2. The zero-order valence-electron chi connectivity index (χ0n) is 14.4. The van der Waals surface area contributed by atoms with Crippen LogP contribution >= 0.6 is 0 Å². The summed E-state index contributed by atoms with van der Waals surface area (Å²) >= 11 is 0. The molecule has 0 saturated carbocycles. The molecule has 0 aliphatic carbocycles. The summed E-state index contributed by atoms with van der Waals surface area (Å²) < 4.78 is 7.22. The number of benzene rings is 2. The van der Waals surface area contributed by atoms with E-state index in [9.17, 15) is 9.59 Å². The first-order valence-electron chi connectivity index (χ1n) is 8.08. The number of aryl methyl sites for hydroxylation is 2. The number of hydrogen-bond acceptors (Lipinski definition) is 3. The van der Waals surface area contributed by atoms with E-state index in [1.165, 1.54) is 0 Å². The normalized spacial score (nSPS) is 12.0. The lowest BCUT2D eigenvalue weighted by atomic mass is 10.2. The maximum absolute atomic E-state index is 12.5. The zero-order chi connectivity index (χ0) is 18.0. The van der Waals surface area contributed by atoms with Gasteiger partial charge in [-0.3, -0.25) is 4.79 Å². The van der Waals surface area contributed by atoms with E-state index < -0.39 is 12.1 Å². The summed E-state index contributed by atoms with van der Waals surface area (Å²) in [5.41, 5.74) is 3.11. The van der Waals surface area contributed by atoms with E-state index in [0.717, 1.165) is 16.5 Å². The predicted octanol–water partition coefficient (Wildman–Crippen LogP) is 3.67. The number of nitrogens with one attached hydrogen (secondary N) is 1. The van der Waals surface area contributed by atoms with Crippen molar-refractivity contribution in [3.63, 3.8) is 0 Å². The number of hydrogen-bond donors (Lipinski definition) is 1. The maximum Gasteiger partial charge on any atom is 0.341 e. The summed E-state index contributed by atoms with van der Waals surface area (Å²) in [6.07, 6.45) is 0.824. The lowest BCUT2D eigenvalue weighted by Crippen LogP contribution is -2.30. The summed E-state index contributed by atoms with van der Waals surface area (Å²) in [6, 6.07) is 15.0. The molecule has 0 aliphatic rings. The number of aromatic nitrogens is 1. The van der Waals surface area contributed by atoms with E-state index in [2.05, 4.69) is 5.32 Å². The average molecular weight is 336 g/mol. The number of rotatable bonds is 4. The summed E-state index contributed by atoms with van der Waals surface area (Å²) in [5, 5.41) is 3.57. The molecule has 0 radical (unpaired) electrons. The number of carbonyl (C=O) groups is 2. The second-order valence-electron chi connectivity index (χ2n) is 6.08. The van der Waals surface area contributed by atoms with Gasteiger partial charge in [0.25, 0.3) is 5.91 Å². The standard InChI is InChI=1S/C20H20N2O3/c1-13-7-6-8-15(11-13)21-19(23)14(2)25-20(24)17-12-22(3)18-10-5-4-9-16(17)18/h4-12,14H,1-3H3,(H,21,23)/t14-/m1/s1.